The van der Waals surface area contributed by atoms with E-state index in [0.29, 0.717) is 6.61 Å². The Hall–Kier alpha value is -1.87. The molecule has 1 N–H and O–H groups in total. The summed E-state index contributed by atoms with van der Waals surface area (Å²) in [4.78, 5) is 10.5. The van der Waals surface area contributed by atoms with Crippen LogP contribution in [0.3, 0.4) is 0 Å². The fourth-order valence-corrected chi connectivity index (χ4v) is 1.70. The molecule has 0 aliphatic heterocycles. The monoisotopic (exact) mass is 274 g/mol. The van der Waals surface area contributed by atoms with E-state index < -0.39 is 5.97 Å². The average molecular weight is 274 g/mol. The van der Waals surface area contributed by atoms with Gasteiger partial charge in [-0.15, -0.1) is 0 Å². The number of unbranched alkanes of at least 4 members (excludes halogenated alkanes) is 3. The molecule has 1 aromatic carbocycles. The van der Waals surface area contributed by atoms with Gasteiger partial charge in [0.25, 0.3) is 0 Å². The molecular weight excluding hydrogens is 252 g/mol. The van der Waals surface area contributed by atoms with Crippen LogP contribution < -0.4 is 0 Å². The Kier molecular flexibility index (Phi) is 8.08. The van der Waals surface area contributed by atoms with Crippen molar-refractivity contribution in [2.75, 3.05) is 6.61 Å². The van der Waals surface area contributed by atoms with Gasteiger partial charge in [-0.2, -0.15) is 0 Å². The second-order valence-corrected chi connectivity index (χ2v) is 4.62. The lowest BCUT2D eigenvalue weighted by Gasteiger charge is -2.03. The van der Waals surface area contributed by atoms with Crippen molar-refractivity contribution in [3.05, 3.63) is 60.2 Å². The number of allylic oxidation sites excluding steroid dienone is 1. The molecule has 0 saturated carbocycles. The molecule has 0 aliphatic rings. The second-order valence-electron chi connectivity index (χ2n) is 4.62. The predicted octanol–water partition coefficient (Wildman–Crippen LogP) is 3.96. The molecule has 0 amide bonds. The van der Waals surface area contributed by atoms with Gasteiger partial charge in [-0.25, -0.2) is 4.79 Å². The van der Waals surface area contributed by atoms with Crippen LogP contribution in [-0.2, 0) is 16.1 Å². The van der Waals surface area contributed by atoms with Crippen LogP contribution in [-0.4, -0.2) is 17.7 Å². The highest BCUT2D eigenvalue weighted by molar-refractivity contribution is 5.88. The third-order valence-electron chi connectivity index (χ3n) is 2.86. The quantitative estimate of drug-likeness (QED) is 0.399. The molecule has 1 aromatic rings. The lowest BCUT2D eigenvalue weighted by atomic mass is 10.1. The van der Waals surface area contributed by atoms with Crippen LogP contribution in [0, 0.1) is 0 Å². The predicted molar refractivity (Wildman–Crippen MR) is 80.5 cm³/mol. The summed E-state index contributed by atoms with van der Waals surface area (Å²) in [5.41, 5.74) is 1.33. The minimum atomic E-state index is -0.962. The Morgan fingerprint density at radius 2 is 1.95 bits per heavy atom. The van der Waals surface area contributed by atoms with E-state index in [0.717, 1.165) is 32.3 Å². The molecule has 3 heteroatoms. The van der Waals surface area contributed by atoms with Crippen molar-refractivity contribution in [3.63, 3.8) is 0 Å². The highest BCUT2D eigenvalue weighted by Crippen LogP contribution is 2.05. The zero-order valence-electron chi connectivity index (χ0n) is 11.8. The number of hydrogen-bond acceptors (Lipinski definition) is 2. The molecule has 0 spiro atoms. The van der Waals surface area contributed by atoms with Crippen LogP contribution in [0.15, 0.2) is 54.6 Å². The minimum absolute atomic E-state index is 0.135. The molecule has 0 fully saturated rings. The Morgan fingerprint density at radius 1 is 1.20 bits per heavy atom. The number of carboxylic acid groups (broad SMARTS) is 1. The van der Waals surface area contributed by atoms with Crippen LogP contribution in [0.5, 0.6) is 0 Å². The van der Waals surface area contributed by atoms with E-state index in [9.17, 15) is 4.79 Å². The topological polar surface area (TPSA) is 46.5 Å². The summed E-state index contributed by atoms with van der Waals surface area (Å²) in [5, 5.41) is 8.61. The van der Waals surface area contributed by atoms with E-state index in [1.807, 2.05) is 24.3 Å². The van der Waals surface area contributed by atoms with Gasteiger partial charge < -0.3 is 9.84 Å². The molecule has 0 bridgehead atoms. The van der Waals surface area contributed by atoms with Crippen molar-refractivity contribution in [1.82, 2.24) is 0 Å². The first-order chi connectivity index (χ1) is 9.70. The standard InChI is InChI=1S/C17H22O3/c1-15(17(18)19)10-6-3-2-4-9-13-20-14-16-11-7-5-8-12-16/h5-8,10-12H,1-4,9,13-14H2,(H,18,19)/b10-6+. The molecule has 1 rings (SSSR count). The van der Waals surface area contributed by atoms with Gasteiger partial charge in [0.2, 0.25) is 0 Å². The van der Waals surface area contributed by atoms with Gasteiger partial charge in [0.05, 0.1) is 12.2 Å². The lowest BCUT2D eigenvalue weighted by Crippen LogP contribution is -1.95. The van der Waals surface area contributed by atoms with E-state index >= 15 is 0 Å². The molecule has 0 heterocycles. The fourth-order valence-electron chi connectivity index (χ4n) is 1.70. The molecule has 0 saturated heterocycles. The number of aliphatic carboxylic acids is 1. The van der Waals surface area contributed by atoms with Crippen molar-refractivity contribution in [2.45, 2.75) is 32.3 Å². The van der Waals surface area contributed by atoms with Gasteiger partial charge in [0, 0.05) is 6.61 Å². The zero-order chi connectivity index (χ0) is 14.6. The van der Waals surface area contributed by atoms with Crippen molar-refractivity contribution >= 4 is 5.97 Å². The van der Waals surface area contributed by atoms with Gasteiger partial charge in [-0.05, 0) is 24.8 Å². The third kappa shape index (κ3) is 7.54. The molecule has 108 valence electrons. The summed E-state index contributed by atoms with van der Waals surface area (Å²) in [5.74, 6) is -0.962. The number of carboxylic acids is 1. The SMILES string of the molecule is C=C(/C=C/CCCCCOCc1ccccc1)C(=O)O. The molecule has 0 unspecified atom stereocenters. The smallest absolute Gasteiger partial charge is 0.335 e. The van der Waals surface area contributed by atoms with Gasteiger partial charge in [-0.1, -0.05) is 55.5 Å². The number of rotatable bonds is 10. The fraction of sp³-hybridized carbons (Fsp3) is 0.353. The second kappa shape index (κ2) is 9.98. The summed E-state index contributed by atoms with van der Waals surface area (Å²) in [6.45, 7) is 4.87. The lowest BCUT2D eigenvalue weighted by molar-refractivity contribution is -0.132. The van der Waals surface area contributed by atoms with E-state index in [4.69, 9.17) is 9.84 Å². The van der Waals surface area contributed by atoms with Crippen molar-refractivity contribution in [2.24, 2.45) is 0 Å². The maximum atomic E-state index is 10.5. The van der Waals surface area contributed by atoms with Crippen LogP contribution in [0.2, 0.25) is 0 Å². The number of ether oxygens (including phenoxy) is 1. The minimum Gasteiger partial charge on any atom is -0.478 e. The molecule has 0 aliphatic carbocycles. The summed E-state index contributed by atoms with van der Waals surface area (Å²) >= 11 is 0. The first-order valence-corrected chi connectivity index (χ1v) is 6.90. The number of hydrogen-bond donors (Lipinski definition) is 1. The van der Waals surface area contributed by atoms with E-state index in [1.54, 1.807) is 6.08 Å². The number of carbonyl (C=O) groups is 1. The maximum Gasteiger partial charge on any atom is 0.335 e. The average Bonchev–Trinajstić information content (AvgIpc) is 2.46. The van der Waals surface area contributed by atoms with Crippen molar-refractivity contribution < 1.29 is 14.6 Å². The zero-order valence-corrected chi connectivity index (χ0v) is 11.8. The Balaban J connectivity index is 1.95. The molecule has 0 atom stereocenters. The highest BCUT2D eigenvalue weighted by Gasteiger charge is 1.97. The van der Waals surface area contributed by atoms with E-state index in [-0.39, 0.29) is 5.57 Å². The largest absolute Gasteiger partial charge is 0.478 e. The van der Waals surface area contributed by atoms with E-state index in [1.165, 1.54) is 5.56 Å². The van der Waals surface area contributed by atoms with Gasteiger partial charge >= 0.3 is 5.97 Å². The highest BCUT2D eigenvalue weighted by atomic mass is 16.5. The Labute approximate surface area is 120 Å². The summed E-state index contributed by atoms with van der Waals surface area (Å²) in [7, 11) is 0. The Morgan fingerprint density at radius 3 is 2.65 bits per heavy atom. The molecular formula is C17H22O3. The van der Waals surface area contributed by atoms with Gasteiger partial charge in [0.1, 0.15) is 0 Å². The maximum absolute atomic E-state index is 10.5. The van der Waals surface area contributed by atoms with Gasteiger partial charge in [-0.3, -0.25) is 0 Å². The van der Waals surface area contributed by atoms with Crippen LogP contribution in [0.4, 0.5) is 0 Å². The summed E-state index contributed by atoms with van der Waals surface area (Å²) < 4.78 is 5.59. The van der Waals surface area contributed by atoms with Crippen molar-refractivity contribution in [1.29, 1.82) is 0 Å². The first kappa shape index (κ1) is 16.2. The normalized spacial score (nSPS) is 10.8. The summed E-state index contributed by atoms with van der Waals surface area (Å²) in [6, 6.07) is 10.1. The third-order valence-corrected chi connectivity index (χ3v) is 2.86. The molecule has 20 heavy (non-hydrogen) atoms. The van der Waals surface area contributed by atoms with E-state index in [2.05, 4.69) is 18.7 Å². The number of benzene rings is 1. The molecule has 0 radical (unpaired) electrons. The summed E-state index contributed by atoms with van der Waals surface area (Å²) in [6.07, 6.45) is 7.46. The van der Waals surface area contributed by atoms with Crippen LogP contribution >= 0.6 is 0 Å². The molecule has 3 nitrogen and oxygen atoms in total. The van der Waals surface area contributed by atoms with Crippen molar-refractivity contribution in [3.8, 4) is 0 Å². The molecule has 0 aromatic heterocycles. The van der Waals surface area contributed by atoms with Crippen LogP contribution in [0.1, 0.15) is 31.2 Å². The Bertz CT molecular complexity index is 435. The first-order valence-electron chi connectivity index (χ1n) is 6.90. The van der Waals surface area contributed by atoms with Crippen LogP contribution in [0.25, 0.3) is 0 Å². The van der Waals surface area contributed by atoms with Gasteiger partial charge in [0.15, 0.2) is 0 Å².